The number of ether oxygens (including phenoxy) is 2. The third-order valence-electron chi connectivity index (χ3n) is 2.93. The number of anilines is 1. The van der Waals surface area contributed by atoms with E-state index >= 15 is 0 Å². The van der Waals surface area contributed by atoms with E-state index < -0.39 is 10.0 Å². The Balaban J connectivity index is 2.48. The molecule has 2 aromatic carbocycles. The minimum Gasteiger partial charge on any atom is -0.495 e. The third-order valence-corrected chi connectivity index (χ3v) is 5.55. The van der Waals surface area contributed by atoms with E-state index in [9.17, 15) is 8.42 Å². The quantitative estimate of drug-likeness (QED) is 0.810. The lowest BCUT2D eigenvalue weighted by molar-refractivity contribution is 0.414. The number of methoxy groups -OCH3 is 2. The zero-order chi connectivity index (χ0) is 17.2. The van der Waals surface area contributed by atoms with Crippen LogP contribution in [0.5, 0.6) is 11.5 Å². The minimum atomic E-state index is -4.00. The summed E-state index contributed by atoms with van der Waals surface area (Å²) < 4.78 is 37.6. The van der Waals surface area contributed by atoms with Gasteiger partial charge < -0.3 is 9.47 Å². The van der Waals surface area contributed by atoms with Crippen LogP contribution in [-0.2, 0) is 10.0 Å². The Morgan fingerprint density at radius 2 is 1.52 bits per heavy atom. The molecule has 2 aromatic rings. The molecule has 2 rings (SSSR count). The maximum absolute atomic E-state index is 12.6. The van der Waals surface area contributed by atoms with Gasteiger partial charge in [-0.05, 0) is 30.3 Å². The Morgan fingerprint density at radius 1 is 0.913 bits per heavy atom. The molecule has 0 aliphatic heterocycles. The van der Waals surface area contributed by atoms with E-state index in [4.69, 9.17) is 44.3 Å². The summed E-state index contributed by atoms with van der Waals surface area (Å²) in [6.07, 6.45) is 0. The number of sulfonamides is 1. The fourth-order valence-electron chi connectivity index (χ4n) is 1.84. The van der Waals surface area contributed by atoms with Gasteiger partial charge in [0.05, 0.1) is 24.9 Å². The highest BCUT2D eigenvalue weighted by Gasteiger charge is 2.23. The Labute approximate surface area is 149 Å². The van der Waals surface area contributed by atoms with Crippen LogP contribution >= 0.6 is 34.8 Å². The third kappa shape index (κ3) is 3.77. The van der Waals surface area contributed by atoms with Gasteiger partial charge in [-0.1, -0.05) is 34.8 Å². The van der Waals surface area contributed by atoms with Crippen LogP contribution in [0.4, 0.5) is 5.69 Å². The predicted molar refractivity (Wildman–Crippen MR) is 91.8 cm³/mol. The van der Waals surface area contributed by atoms with Crippen LogP contribution in [0.3, 0.4) is 0 Å². The Morgan fingerprint density at radius 3 is 2.13 bits per heavy atom. The Bertz CT molecular complexity index is 840. The maximum atomic E-state index is 12.6. The zero-order valence-electron chi connectivity index (χ0n) is 12.1. The Kier molecular flexibility index (Phi) is 5.52. The van der Waals surface area contributed by atoms with Gasteiger partial charge in [0, 0.05) is 5.02 Å². The summed E-state index contributed by atoms with van der Waals surface area (Å²) in [5.41, 5.74) is 0.183. The first-order valence-electron chi connectivity index (χ1n) is 6.18. The van der Waals surface area contributed by atoms with Crippen molar-refractivity contribution in [1.82, 2.24) is 0 Å². The summed E-state index contributed by atoms with van der Waals surface area (Å²) in [5.74, 6) is 0.588. The highest BCUT2D eigenvalue weighted by Crippen LogP contribution is 2.38. The second-order valence-corrected chi connectivity index (χ2v) is 7.19. The highest BCUT2D eigenvalue weighted by atomic mass is 35.5. The second kappa shape index (κ2) is 7.05. The molecule has 0 atom stereocenters. The first-order valence-corrected chi connectivity index (χ1v) is 8.80. The average molecular weight is 397 g/mol. The van der Waals surface area contributed by atoms with Crippen LogP contribution in [0, 0.1) is 0 Å². The molecule has 0 aliphatic rings. The van der Waals surface area contributed by atoms with Crippen molar-refractivity contribution in [2.75, 3.05) is 18.9 Å². The molecule has 9 heteroatoms. The summed E-state index contributed by atoms with van der Waals surface area (Å²) >= 11 is 17.9. The first kappa shape index (κ1) is 18.0. The topological polar surface area (TPSA) is 64.6 Å². The Hall–Kier alpha value is -1.34. The second-order valence-electron chi connectivity index (χ2n) is 4.34. The van der Waals surface area contributed by atoms with E-state index in [1.807, 2.05) is 0 Å². The van der Waals surface area contributed by atoms with Crippen molar-refractivity contribution in [1.29, 1.82) is 0 Å². The van der Waals surface area contributed by atoms with Gasteiger partial charge in [0.15, 0.2) is 0 Å². The molecule has 0 unspecified atom stereocenters. The molecule has 0 fully saturated rings. The van der Waals surface area contributed by atoms with Crippen molar-refractivity contribution >= 4 is 50.5 Å². The molecule has 23 heavy (non-hydrogen) atoms. The van der Waals surface area contributed by atoms with Crippen molar-refractivity contribution in [2.45, 2.75) is 4.90 Å². The van der Waals surface area contributed by atoms with Crippen molar-refractivity contribution in [3.8, 4) is 11.5 Å². The van der Waals surface area contributed by atoms with Crippen molar-refractivity contribution in [3.05, 3.63) is 45.4 Å². The molecule has 1 N–H and O–H groups in total. The molecule has 5 nitrogen and oxygen atoms in total. The summed E-state index contributed by atoms with van der Waals surface area (Å²) in [6.45, 7) is 0. The lowest BCUT2D eigenvalue weighted by atomic mass is 10.3. The molecular weight excluding hydrogens is 385 g/mol. The summed E-state index contributed by atoms with van der Waals surface area (Å²) in [6, 6.07) is 7.26. The monoisotopic (exact) mass is 395 g/mol. The smallest absolute Gasteiger partial charge is 0.263 e. The van der Waals surface area contributed by atoms with Crippen LogP contribution in [-0.4, -0.2) is 22.6 Å². The number of halogens is 3. The molecule has 0 aromatic heterocycles. The summed E-state index contributed by atoms with van der Waals surface area (Å²) in [7, 11) is -1.18. The minimum absolute atomic E-state index is 0.00935. The summed E-state index contributed by atoms with van der Waals surface area (Å²) in [4.78, 5) is -0.188. The lowest BCUT2D eigenvalue weighted by Gasteiger charge is -2.14. The van der Waals surface area contributed by atoms with Crippen molar-refractivity contribution in [3.63, 3.8) is 0 Å². The van der Waals surface area contributed by atoms with Gasteiger partial charge in [0.2, 0.25) is 0 Å². The summed E-state index contributed by atoms with van der Waals surface area (Å²) in [5, 5.41) is 0.219. The average Bonchev–Trinajstić information content (AvgIpc) is 2.49. The normalized spacial score (nSPS) is 11.2. The van der Waals surface area contributed by atoms with Gasteiger partial charge in [-0.25, -0.2) is 8.42 Å². The van der Waals surface area contributed by atoms with Gasteiger partial charge >= 0.3 is 0 Å². The molecule has 0 amide bonds. The predicted octanol–water partition coefficient (Wildman–Crippen LogP) is 4.46. The van der Waals surface area contributed by atoms with E-state index in [2.05, 4.69) is 4.72 Å². The van der Waals surface area contributed by atoms with Gasteiger partial charge in [0.1, 0.15) is 21.4 Å². The van der Waals surface area contributed by atoms with Gasteiger partial charge in [-0.15, -0.1) is 0 Å². The first-order chi connectivity index (χ1) is 10.8. The lowest BCUT2D eigenvalue weighted by Crippen LogP contribution is -2.14. The molecule has 0 bridgehead atoms. The molecular formula is C14H12Cl3NO4S. The highest BCUT2D eigenvalue weighted by molar-refractivity contribution is 7.92. The van der Waals surface area contributed by atoms with Crippen LogP contribution in [0.2, 0.25) is 15.1 Å². The standard InChI is InChI=1S/C14H12Cl3NO4S/c1-21-10-4-3-8(15)7-9(10)18-23(19,20)12-6-5-11(22-2)13(16)14(12)17/h3-7,18H,1-2H3. The molecule has 0 radical (unpaired) electrons. The molecule has 0 heterocycles. The van der Waals surface area contributed by atoms with Gasteiger partial charge in [-0.2, -0.15) is 0 Å². The zero-order valence-corrected chi connectivity index (χ0v) is 15.1. The van der Waals surface area contributed by atoms with Gasteiger partial charge in [0.25, 0.3) is 10.0 Å². The van der Waals surface area contributed by atoms with Crippen LogP contribution in [0.1, 0.15) is 0 Å². The van der Waals surface area contributed by atoms with Crippen LogP contribution < -0.4 is 14.2 Å². The van der Waals surface area contributed by atoms with E-state index in [-0.39, 0.29) is 26.4 Å². The van der Waals surface area contributed by atoms with E-state index in [1.165, 1.54) is 32.4 Å². The number of benzene rings is 2. The number of hydrogen-bond donors (Lipinski definition) is 1. The molecule has 0 saturated heterocycles. The van der Waals surface area contributed by atoms with Crippen molar-refractivity contribution in [2.24, 2.45) is 0 Å². The molecule has 124 valence electrons. The molecule has 0 aliphatic carbocycles. The number of hydrogen-bond acceptors (Lipinski definition) is 4. The fraction of sp³-hybridized carbons (Fsp3) is 0.143. The maximum Gasteiger partial charge on any atom is 0.263 e. The van der Waals surface area contributed by atoms with Crippen LogP contribution in [0.15, 0.2) is 35.2 Å². The largest absolute Gasteiger partial charge is 0.495 e. The van der Waals surface area contributed by atoms with Crippen molar-refractivity contribution < 1.29 is 17.9 Å². The SMILES string of the molecule is COc1ccc(Cl)cc1NS(=O)(=O)c1ccc(OC)c(Cl)c1Cl. The number of nitrogens with one attached hydrogen (secondary N) is 1. The van der Waals surface area contributed by atoms with Gasteiger partial charge in [-0.3, -0.25) is 4.72 Å². The number of rotatable bonds is 5. The molecule has 0 saturated carbocycles. The van der Waals surface area contributed by atoms with E-state index in [0.717, 1.165) is 0 Å². The van der Waals surface area contributed by atoms with E-state index in [1.54, 1.807) is 12.1 Å². The molecule has 0 spiro atoms. The van der Waals surface area contributed by atoms with Crippen LogP contribution in [0.25, 0.3) is 0 Å². The van der Waals surface area contributed by atoms with E-state index in [0.29, 0.717) is 10.8 Å². The fourth-order valence-corrected chi connectivity index (χ4v) is 3.91.